The highest BCUT2D eigenvalue weighted by Gasteiger charge is 2.17. The standard InChI is InChI=1S/C19H13BrFN3/c20-16-10-13(12-22)7-8-17(16)24-19(18-6-1-2-9-23-18)14-4-3-5-15(21)11-14/h1-11,19,24H. The van der Waals surface area contributed by atoms with Gasteiger partial charge in [-0.15, -0.1) is 0 Å². The van der Waals surface area contributed by atoms with Crippen LogP contribution in [0.3, 0.4) is 0 Å². The van der Waals surface area contributed by atoms with Crippen LogP contribution in [0.4, 0.5) is 10.1 Å². The summed E-state index contributed by atoms with van der Waals surface area (Å²) in [6.45, 7) is 0. The van der Waals surface area contributed by atoms with Crippen LogP contribution in [0.2, 0.25) is 0 Å². The summed E-state index contributed by atoms with van der Waals surface area (Å²) in [4.78, 5) is 4.39. The molecule has 0 aliphatic rings. The van der Waals surface area contributed by atoms with Gasteiger partial charge in [0.1, 0.15) is 5.82 Å². The van der Waals surface area contributed by atoms with E-state index in [0.717, 1.165) is 21.4 Å². The number of pyridine rings is 1. The zero-order valence-corrected chi connectivity index (χ0v) is 14.2. The van der Waals surface area contributed by atoms with E-state index in [0.29, 0.717) is 5.56 Å². The van der Waals surface area contributed by atoms with Gasteiger partial charge >= 0.3 is 0 Å². The first kappa shape index (κ1) is 16.2. The highest BCUT2D eigenvalue weighted by atomic mass is 79.9. The molecule has 0 bridgehead atoms. The second-order valence-electron chi connectivity index (χ2n) is 5.19. The van der Waals surface area contributed by atoms with Crippen molar-refractivity contribution < 1.29 is 4.39 Å². The van der Waals surface area contributed by atoms with Gasteiger partial charge in [-0.1, -0.05) is 18.2 Å². The van der Waals surface area contributed by atoms with Gasteiger partial charge in [0.05, 0.1) is 23.4 Å². The number of nitrogens with zero attached hydrogens (tertiary/aromatic N) is 2. The third kappa shape index (κ3) is 3.61. The Bertz CT molecular complexity index is 891. The Morgan fingerprint density at radius 3 is 2.62 bits per heavy atom. The quantitative estimate of drug-likeness (QED) is 0.687. The van der Waals surface area contributed by atoms with E-state index in [1.807, 2.05) is 30.3 Å². The Kier molecular flexibility index (Phi) is 4.88. The van der Waals surface area contributed by atoms with Crippen molar-refractivity contribution in [3.8, 4) is 6.07 Å². The molecule has 3 nitrogen and oxygen atoms in total. The van der Waals surface area contributed by atoms with E-state index in [4.69, 9.17) is 5.26 Å². The molecule has 1 heterocycles. The van der Waals surface area contributed by atoms with Gasteiger partial charge in [-0.25, -0.2) is 4.39 Å². The van der Waals surface area contributed by atoms with Gasteiger partial charge < -0.3 is 5.32 Å². The van der Waals surface area contributed by atoms with Crippen LogP contribution >= 0.6 is 15.9 Å². The molecule has 5 heteroatoms. The van der Waals surface area contributed by atoms with E-state index in [1.165, 1.54) is 12.1 Å². The SMILES string of the molecule is N#Cc1ccc(NC(c2cccc(F)c2)c2ccccn2)c(Br)c1. The lowest BCUT2D eigenvalue weighted by molar-refractivity contribution is 0.624. The van der Waals surface area contributed by atoms with Crippen LogP contribution in [0.1, 0.15) is 22.9 Å². The van der Waals surface area contributed by atoms with Crippen molar-refractivity contribution in [2.75, 3.05) is 5.32 Å². The van der Waals surface area contributed by atoms with Gasteiger partial charge in [0.2, 0.25) is 0 Å². The predicted molar refractivity (Wildman–Crippen MR) is 95.0 cm³/mol. The fraction of sp³-hybridized carbons (Fsp3) is 0.0526. The predicted octanol–water partition coefficient (Wildman–Crippen LogP) is 5.06. The topological polar surface area (TPSA) is 48.7 Å². The molecule has 0 saturated carbocycles. The van der Waals surface area contributed by atoms with Crippen molar-refractivity contribution in [1.29, 1.82) is 5.26 Å². The van der Waals surface area contributed by atoms with Gasteiger partial charge in [0.15, 0.2) is 0 Å². The van der Waals surface area contributed by atoms with Gasteiger partial charge in [-0.2, -0.15) is 5.26 Å². The number of nitriles is 1. The smallest absolute Gasteiger partial charge is 0.123 e. The van der Waals surface area contributed by atoms with Gasteiger partial charge in [-0.05, 0) is 64.0 Å². The summed E-state index contributed by atoms with van der Waals surface area (Å²) in [5.74, 6) is -0.297. The lowest BCUT2D eigenvalue weighted by Crippen LogP contribution is -2.14. The molecular weight excluding hydrogens is 369 g/mol. The molecule has 1 N–H and O–H groups in total. The molecule has 0 amide bonds. The molecule has 1 aromatic heterocycles. The number of rotatable bonds is 4. The molecular formula is C19H13BrFN3. The molecule has 0 saturated heterocycles. The lowest BCUT2D eigenvalue weighted by atomic mass is 10.0. The highest BCUT2D eigenvalue weighted by Crippen LogP contribution is 2.30. The molecule has 118 valence electrons. The molecule has 0 fully saturated rings. The van der Waals surface area contributed by atoms with Crippen molar-refractivity contribution in [2.45, 2.75) is 6.04 Å². The minimum absolute atomic E-state index is 0.297. The van der Waals surface area contributed by atoms with E-state index in [-0.39, 0.29) is 11.9 Å². The Labute approximate surface area is 147 Å². The van der Waals surface area contributed by atoms with Crippen molar-refractivity contribution in [3.05, 3.63) is 94.0 Å². The first-order chi connectivity index (χ1) is 11.7. The van der Waals surface area contributed by atoms with E-state index < -0.39 is 0 Å². The molecule has 0 aliphatic carbocycles. The summed E-state index contributed by atoms with van der Waals surface area (Å²) in [5, 5.41) is 12.4. The Morgan fingerprint density at radius 1 is 1.08 bits per heavy atom. The molecule has 0 aliphatic heterocycles. The summed E-state index contributed by atoms with van der Waals surface area (Å²) in [6.07, 6.45) is 1.71. The lowest BCUT2D eigenvalue weighted by Gasteiger charge is -2.21. The molecule has 0 spiro atoms. The van der Waals surface area contributed by atoms with E-state index >= 15 is 0 Å². The van der Waals surface area contributed by atoms with Crippen LogP contribution in [0.15, 0.2) is 71.3 Å². The van der Waals surface area contributed by atoms with E-state index in [1.54, 1.807) is 24.4 Å². The van der Waals surface area contributed by atoms with Crippen molar-refractivity contribution in [3.63, 3.8) is 0 Å². The molecule has 1 unspecified atom stereocenters. The van der Waals surface area contributed by atoms with Crippen LogP contribution in [0, 0.1) is 17.1 Å². The minimum atomic E-state index is -0.314. The van der Waals surface area contributed by atoms with Crippen molar-refractivity contribution >= 4 is 21.6 Å². The highest BCUT2D eigenvalue weighted by molar-refractivity contribution is 9.10. The number of halogens is 2. The van der Waals surface area contributed by atoms with Gasteiger partial charge in [0.25, 0.3) is 0 Å². The van der Waals surface area contributed by atoms with Crippen LogP contribution in [-0.4, -0.2) is 4.98 Å². The maximum Gasteiger partial charge on any atom is 0.123 e. The summed E-state index contributed by atoms with van der Waals surface area (Å²) >= 11 is 3.47. The number of aromatic nitrogens is 1. The maximum absolute atomic E-state index is 13.7. The fourth-order valence-electron chi connectivity index (χ4n) is 2.42. The minimum Gasteiger partial charge on any atom is -0.372 e. The molecule has 3 aromatic rings. The number of hydrogen-bond donors (Lipinski definition) is 1. The van der Waals surface area contributed by atoms with Crippen LogP contribution < -0.4 is 5.32 Å². The van der Waals surface area contributed by atoms with E-state index in [2.05, 4.69) is 32.3 Å². The second-order valence-corrected chi connectivity index (χ2v) is 6.05. The number of benzene rings is 2. The first-order valence-corrected chi connectivity index (χ1v) is 8.09. The zero-order valence-electron chi connectivity index (χ0n) is 12.6. The number of hydrogen-bond acceptors (Lipinski definition) is 3. The molecule has 3 rings (SSSR count). The molecule has 1 atom stereocenters. The monoisotopic (exact) mass is 381 g/mol. The van der Waals surface area contributed by atoms with Gasteiger partial charge in [0, 0.05) is 16.4 Å². The number of nitrogens with one attached hydrogen (secondary N) is 1. The van der Waals surface area contributed by atoms with Crippen LogP contribution in [-0.2, 0) is 0 Å². The van der Waals surface area contributed by atoms with Crippen LogP contribution in [0.5, 0.6) is 0 Å². The first-order valence-electron chi connectivity index (χ1n) is 7.30. The Hall–Kier alpha value is -2.71. The maximum atomic E-state index is 13.7. The molecule has 2 aromatic carbocycles. The number of anilines is 1. The summed E-state index contributed by atoms with van der Waals surface area (Å²) in [5.41, 5.74) is 2.91. The molecule has 24 heavy (non-hydrogen) atoms. The zero-order chi connectivity index (χ0) is 16.9. The summed E-state index contributed by atoms with van der Waals surface area (Å²) < 4.78 is 14.4. The second kappa shape index (κ2) is 7.24. The fourth-order valence-corrected chi connectivity index (χ4v) is 2.91. The Morgan fingerprint density at radius 2 is 1.96 bits per heavy atom. The van der Waals surface area contributed by atoms with Gasteiger partial charge in [-0.3, -0.25) is 4.98 Å². The van der Waals surface area contributed by atoms with Crippen LogP contribution in [0.25, 0.3) is 0 Å². The largest absolute Gasteiger partial charge is 0.372 e. The summed E-state index contributed by atoms with van der Waals surface area (Å²) in [6, 6.07) is 19.1. The van der Waals surface area contributed by atoms with Crippen molar-refractivity contribution in [2.24, 2.45) is 0 Å². The average molecular weight is 382 g/mol. The van der Waals surface area contributed by atoms with Crippen molar-refractivity contribution in [1.82, 2.24) is 4.98 Å². The van der Waals surface area contributed by atoms with E-state index in [9.17, 15) is 4.39 Å². The normalized spacial score (nSPS) is 11.5. The average Bonchev–Trinajstić information content (AvgIpc) is 2.61. The molecule has 0 radical (unpaired) electrons. The third-order valence-corrected chi connectivity index (χ3v) is 4.22. The Balaban J connectivity index is 2.01. The third-order valence-electron chi connectivity index (χ3n) is 3.56. The summed E-state index contributed by atoms with van der Waals surface area (Å²) in [7, 11) is 0.